The standard InChI is InChI=1S/C11H22O/c1-4-6-7-11(8-9-12)10(3)5-2/h9-11H,4-8H2,1-3H3. The largest absolute Gasteiger partial charge is 0.303 e. The van der Waals surface area contributed by atoms with Crippen LogP contribution in [0.5, 0.6) is 0 Å². The van der Waals surface area contributed by atoms with Crippen molar-refractivity contribution in [1.82, 2.24) is 0 Å². The lowest BCUT2D eigenvalue weighted by Crippen LogP contribution is -2.11. The van der Waals surface area contributed by atoms with Crippen LogP contribution in [0.4, 0.5) is 0 Å². The van der Waals surface area contributed by atoms with Crippen molar-refractivity contribution < 1.29 is 4.79 Å². The molecule has 0 N–H and O–H groups in total. The minimum absolute atomic E-state index is 0.632. The predicted octanol–water partition coefficient (Wildman–Crippen LogP) is 3.43. The zero-order chi connectivity index (χ0) is 9.40. The fourth-order valence-electron chi connectivity index (χ4n) is 1.56. The van der Waals surface area contributed by atoms with E-state index in [1.807, 2.05) is 0 Å². The van der Waals surface area contributed by atoms with Crippen LogP contribution in [0.25, 0.3) is 0 Å². The van der Waals surface area contributed by atoms with Crippen molar-refractivity contribution in [3.8, 4) is 0 Å². The molecule has 0 aromatic heterocycles. The van der Waals surface area contributed by atoms with Crippen molar-refractivity contribution in [2.45, 2.75) is 52.9 Å². The number of rotatable bonds is 7. The number of hydrogen-bond donors (Lipinski definition) is 0. The average molecular weight is 170 g/mol. The summed E-state index contributed by atoms with van der Waals surface area (Å²) < 4.78 is 0. The zero-order valence-electron chi connectivity index (χ0n) is 8.68. The van der Waals surface area contributed by atoms with E-state index in [-0.39, 0.29) is 0 Å². The number of carbonyl (C=O) groups excluding carboxylic acids is 1. The molecule has 2 unspecified atom stereocenters. The van der Waals surface area contributed by atoms with Crippen LogP contribution in [-0.2, 0) is 4.79 Å². The molecule has 0 aliphatic carbocycles. The molecule has 72 valence electrons. The van der Waals surface area contributed by atoms with Crippen LogP contribution >= 0.6 is 0 Å². The lowest BCUT2D eigenvalue weighted by atomic mass is 9.85. The van der Waals surface area contributed by atoms with Crippen molar-refractivity contribution >= 4 is 6.29 Å². The summed E-state index contributed by atoms with van der Waals surface area (Å²) >= 11 is 0. The third-order valence-corrected chi connectivity index (χ3v) is 2.78. The summed E-state index contributed by atoms with van der Waals surface area (Å²) in [4.78, 5) is 10.4. The molecule has 0 aromatic rings. The van der Waals surface area contributed by atoms with Crippen LogP contribution in [0.3, 0.4) is 0 Å². The Morgan fingerprint density at radius 1 is 1.33 bits per heavy atom. The predicted molar refractivity (Wildman–Crippen MR) is 53.2 cm³/mol. The molecule has 0 radical (unpaired) electrons. The van der Waals surface area contributed by atoms with Gasteiger partial charge in [0.25, 0.3) is 0 Å². The Bertz CT molecular complexity index is 110. The van der Waals surface area contributed by atoms with E-state index in [9.17, 15) is 4.79 Å². The van der Waals surface area contributed by atoms with Crippen LogP contribution in [0.2, 0.25) is 0 Å². The summed E-state index contributed by atoms with van der Waals surface area (Å²) in [5.41, 5.74) is 0. The van der Waals surface area contributed by atoms with Gasteiger partial charge in [0, 0.05) is 6.42 Å². The van der Waals surface area contributed by atoms with Gasteiger partial charge in [-0.05, 0) is 18.3 Å². The second-order valence-electron chi connectivity index (χ2n) is 3.69. The van der Waals surface area contributed by atoms with Gasteiger partial charge in [-0.3, -0.25) is 0 Å². The molecule has 1 heteroatoms. The molecule has 0 aromatic carbocycles. The summed E-state index contributed by atoms with van der Waals surface area (Å²) in [6, 6.07) is 0. The quantitative estimate of drug-likeness (QED) is 0.535. The number of aldehydes is 1. The molecular formula is C11H22O. The first kappa shape index (κ1) is 11.7. The van der Waals surface area contributed by atoms with Gasteiger partial charge in [0.15, 0.2) is 0 Å². The molecule has 1 nitrogen and oxygen atoms in total. The Balaban J connectivity index is 3.75. The normalized spacial score (nSPS) is 15.6. The molecular weight excluding hydrogens is 148 g/mol. The van der Waals surface area contributed by atoms with E-state index in [4.69, 9.17) is 0 Å². The first-order valence-corrected chi connectivity index (χ1v) is 5.19. The molecule has 0 amide bonds. The maximum atomic E-state index is 10.4. The molecule has 2 atom stereocenters. The van der Waals surface area contributed by atoms with E-state index < -0.39 is 0 Å². The number of unbranched alkanes of at least 4 members (excludes halogenated alkanes) is 1. The molecule has 0 fully saturated rings. The molecule has 0 heterocycles. The summed E-state index contributed by atoms with van der Waals surface area (Å²) in [6.07, 6.45) is 6.77. The fourth-order valence-corrected chi connectivity index (χ4v) is 1.56. The van der Waals surface area contributed by atoms with E-state index in [1.165, 1.54) is 25.7 Å². The first-order chi connectivity index (χ1) is 5.76. The van der Waals surface area contributed by atoms with E-state index in [2.05, 4.69) is 20.8 Å². The highest BCUT2D eigenvalue weighted by molar-refractivity contribution is 5.49. The van der Waals surface area contributed by atoms with Crippen molar-refractivity contribution in [2.75, 3.05) is 0 Å². The molecule has 0 bridgehead atoms. The van der Waals surface area contributed by atoms with Crippen molar-refractivity contribution in [2.24, 2.45) is 11.8 Å². The Hall–Kier alpha value is -0.330. The lowest BCUT2D eigenvalue weighted by molar-refractivity contribution is -0.109. The maximum absolute atomic E-state index is 10.4. The van der Waals surface area contributed by atoms with Gasteiger partial charge in [0.05, 0.1) is 0 Å². The highest BCUT2D eigenvalue weighted by atomic mass is 16.1. The van der Waals surface area contributed by atoms with Crippen molar-refractivity contribution in [3.05, 3.63) is 0 Å². The van der Waals surface area contributed by atoms with Crippen molar-refractivity contribution in [1.29, 1.82) is 0 Å². The topological polar surface area (TPSA) is 17.1 Å². The van der Waals surface area contributed by atoms with Gasteiger partial charge >= 0.3 is 0 Å². The Labute approximate surface area is 76.6 Å². The number of carbonyl (C=O) groups is 1. The minimum atomic E-state index is 0.632. The van der Waals surface area contributed by atoms with Crippen LogP contribution in [-0.4, -0.2) is 6.29 Å². The van der Waals surface area contributed by atoms with Crippen LogP contribution in [0, 0.1) is 11.8 Å². The summed E-state index contributed by atoms with van der Waals surface area (Å²) in [5, 5.41) is 0. The van der Waals surface area contributed by atoms with E-state index in [0.717, 1.165) is 12.7 Å². The third-order valence-electron chi connectivity index (χ3n) is 2.78. The highest BCUT2D eigenvalue weighted by Crippen LogP contribution is 2.23. The van der Waals surface area contributed by atoms with Gasteiger partial charge in [-0.2, -0.15) is 0 Å². The van der Waals surface area contributed by atoms with Crippen LogP contribution in [0.15, 0.2) is 0 Å². The van der Waals surface area contributed by atoms with Gasteiger partial charge in [-0.15, -0.1) is 0 Å². The smallest absolute Gasteiger partial charge is 0.120 e. The average Bonchev–Trinajstić information content (AvgIpc) is 2.11. The molecule has 0 aliphatic heterocycles. The Morgan fingerprint density at radius 3 is 2.42 bits per heavy atom. The molecule has 0 spiro atoms. The van der Waals surface area contributed by atoms with Crippen LogP contribution in [0.1, 0.15) is 52.9 Å². The Morgan fingerprint density at radius 2 is 2.00 bits per heavy atom. The molecule has 0 saturated heterocycles. The minimum Gasteiger partial charge on any atom is -0.303 e. The van der Waals surface area contributed by atoms with E-state index in [1.54, 1.807) is 0 Å². The summed E-state index contributed by atoms with van der Waals surface area (Å²) in [7, 11) is 0. The first-order valence-electron chi connectivity index (χ1n) is 5.19. The third kappa shape index (κ3) is 4.53. The second-order valence-corrected chi connectivity index (χ2v) is 3.69. The van der Waals surface area contributed by atoms with E-state index >= 15 is 0 Å². The lowest BCUT2D eigenvalue weighted by Gasteiger charge is -2.20. The van der Waals surface area contributed by atoms with Gasteiger partial charge in [-0.1, -0.05) is 40.0 Å². The van der Waals surface area contributed by atoms with Gasteiger partial charge in [-0.25, -0.2) is 0 Å². The second kappa shape index (κ2) is 7.33. The monoisotopic (exact) mass is 170 g/mol. The van der Waals surface area contributed by atoms with Gasteiger partial charge < -0.3 is 4.79 Å². The zero-order valence-corrected chi connectivity index (χ0v) is 8.68. The highest BCUT2D eigenvalue weighted by Gasteiger charge is 2.13. The van der Waals surface area contributed by atoms with E-state index in [0.29, 0.717) is 11.8 Å². The van der Waals surface area contributed by atoms with Crippen molar-refractivity contribution in [3.63, 3.8) is 0 Å². The van der Waals surface area contributed by atoms with Gasteiger partial charge in [0.2, 0.25) is 0 Å². The molecule has 0 rings (SSSR count). The van der Waals surface area contributed by atoms with Crippen LogP contribution < -0.4 is 0 Å². The fraction of sp³-hybridized carbons (Fsp3) is 0.909. The Kier molecular flexibility index (Phi) is 7.12. The summed E-state index contributed by atoms with van der Waals surface area (Å²) in [5.74, 6) is 1.34. The SMILES string of the molecule is CCCCC(CC=O)C(C)CC. The molecule has 0 aliphatic rings. The maximum Gasteiger partial charge on any atom is 0.120 e. The molecule has 0 saturated carbocycles. The van der Waals surface area contributed by atoms with Gasteiger partial charge in [0.1, 0.15) is 6.29 Å². The summed E-state index contributed by atoms with van der Waals surface area (Å²) in [6.45, 7) is 6.66. The molecule has 12 heavy (non-hydrogen) atoms. The number of hydrogen-bond acceptors (Lipinski definition) is 1.